The van der Waals surface area contributed by atoms with Crippen molar-refractivity contribution in [3.05, 3.63) is 34.9 Å². The highest BCUT2D eigenvalue weighted by molar-refractivity contribution is 5.71. The molecule has 3 aliphatic carbocycles. The molecule has 0 amide bonds. The van der Waals surface area contributed by atoms with Gasteiger partial charge in [0, 0.05) is 0 Å². The van der Waals surface area contributed by atoms with E-state index in [-0.39, 0.29) is 5.97 Å². The fourth-order valence-electron chi connectivity index (χ4n) is 3.56. The molecule has 0 spiro atoms. The van der Waals surface area contributed by atoms with Crippen LogP contribution in [0.4, 0.5) is 0 Å². The predicted molar refractivity (Wildman–Crippen MR) is 70.6 cm³/mol. The van der Waals surface area contributed by atoms with E-state index < -0.39 is 0 Å². The van der Waals surface area contributed by atoms with Crippen molar-refractivity contribution in [3.8, 4) is 0 Å². The highest BCUT2D eigenvalue weighted by Gasteiger charge is 2.44. The van der Waals surface area contributed by atoms with E-state index in [1.165, 1.54) is 29.5 Å². The van der Waals surface area contributed by atoms with E-state index in [2.05, 4.69) is 25.1 Å². The Morgan fingerprint density at radius 3 is 2.83 bits per heavy atom. The molecular weight excluding hydrogens is 224 g/mol. The maximum absolute atomic E-state index is 11.7. The quantitative estimate of drug-likeness (QED) is 0.760. The fraction of sp³-hybridized carbons (Fsp3) is 0.562. The molecule has 1 aromatic carbocycles. The summed E-state index contributed by atoms with van der Waals surface area (Å²) < 4.78 is 5.11. The third kappa shape index (κ3) is 1.84. The summed E-state index contributed by atoms with van der Waals surface area (Å²) in [6.07, 6.45) is 3.09. The summed E-state index contributed by atoms with van der Waals surface area (Å²) in [4.78, 5) is 11.7. The van der Waals surface area contributed by atoms with Gasteiger partial charge in [0.05, 0.1) is 13.0 Å². The second-order valence-corrected chi connectivity index (χ2v) is 5.68. The summed E-state index contributed by atoms with van der Waals surface area (Å²) in [6, 6.07) is 6.71. The van der Waals surface area contributed by atoms with Crippen molar-refractivity contribution >= 4 is 5.97 Å². The van der Waals surface area contributed by atoms with Gasteiger partial charge >= 0.3 is 5.97 Å². The zero-order valence-electron chi connectivity index (χ0n) is 11.1. The number of aryl methyl sites for hydroxylation is 1. The van der Waals surface area contributed by atoms with Gasteiger partial charge in [-0.05, 0) is 55.6 Å². The molecule has 0 radical (unpaired) electrons. The van der Waals surface area contributed by atoms with E-state index in [0.29, 0.717) is 24.9 Å². The van der Waals surface area contributed by atoms with Crippen LogP contribution in [0, 0.1) is 12.8 Å². The molecular formula is C16H20O2. The molecule has 0 heterocycles. The van der Waals surface area contributed by atoms with Gasteiger partial charge in [-0.1, -0.05) is 23.8 Å². The van der Waals surface area contributed by atoms with Gasteiger partial charge in [0.15, 0.2) is 0 Å². The summed E-state index contributed by atoms with van der Waals surface area (Å²) in [5.41, 5.74) is 4.22. The predicted octanol–water partition coefficient (Wildman–Crippen LogP) is 3.54. The largest absolute Gasteiger partial charge is 0.466 e. The number of benzene rings is 1. The van der Waals surface area contributed by atoms with Gasteiger partial charge in [-0.3, -0.25) is 4.79 Å². The summed E-state index contributed by atoms with van der Waals surface area (Å²) in [6.45, 7) is 4.50. The Kier molecular flexibility index (Phi) is 2.89. The van der Waals surface area contributed by atoms with Crippen LogP contribution >= 0.6 is 0 Å². The number of hydrogen-bond acceptors (Lipinski definition) is 2. The second kappa shape index (κ2) is 4.42. The standard InChI is InChI=1S/C16H20O2/c1-3-18-16(17)9-15-12-7-11(8-12)14-6-10(2)4-5-13(14)15/h4-6,11-12,15H,3,7-9H2,1-2H3/t11?,12?,15-/m1/s1. The van der Waals surface area contributed by atoms with Gasteiger partial charge in [-0.15, -0.1) is 0 Å². The lowest BCUT2D eigenvalue weighted by atomic mass is 9.57. The van der Waals surface area contributed by atoms with Crippen LogP contribution < -0.4 is 0 Å². The third-order valence-electron chi connectivity index (χ3n) is 4.52. The summed E-state index contributed by atoms with van der Waals surface area (Å²) in [5.74, 6) is 1.81. The van der Waals surface area contributed by atoms with Crippen LogP contribution in [-0.2, 0) is 9.53 Å². The van der Waals surface area contributed by atoms with E-state index in [1.54, 1.807) is 0 Å². The van der Waals surface area contributed by atoms with Crippen LogP contribution in [-0.4, -0.2) is 12.6 Å². The highest BCUT2D eigenvalue weighted by Crippen LogP contribution is 2.56. The number of esters is 1. The SMILES string of the molecule is CCOC(=O)C[C@H]1c2ccc(C)cc2C2CC1C2. The van der Waals surface area contributed by atoms with Gasteiger partial charge in [0.25, 0.3) is 0 Å². The van der Waals surface area contributed by atoms with E-state index in [4.69, 9.17) is 4.74 Å². The first-order chi connectivity index (χ1) is 8.69. The summed E-state index contributed by atoms with van der Waals surface area (Å²) >= 11 is 0. The van der Waals surface area contributed by atoms with Crippen molar-refractivity contribution in [3.63, 3.8) is 0 Å². The van der Waals surface area contributed by atoms with Crippen molar-refractivity contribution in [2.45, 2.75) is 44.9 Å². The number of ether oxygens (including phenoxy) is 1. The Bertz CT molecular complexity index is 472. The molecule has 0 N–H and O–H groups in total. The zero-order valence-corrected chi connectivity index (χ0v) is 11.1. The third-order valence-corrected chi connectivity index (χ3v) is 4.52. The Hall–Kier alpha value is -1.31. The average Bonchev–Trinajstić information content (AvgIpc) is 2.26. The Balaban J connectivity index is 1.87. The Morgan fingerprint density at radius 2 is 2.11 bits per heavy atom. The van der Waals surface area contributed by atoms with E-state index in [1.807, 2.05) is 6.92 Å². The normalized spacial score (nSPS) is 28.2. The van der Waals surface area contributed by atoms with Crippen LogP contribution in [0.5, 0.6) is 0 Å². The fourth-order valence-corrected chi connectivity index (χ4v) is 3.56. The molecule has 2 nitrogen and oxygen atoms in total. The van der Waals surface area contributed by atoms with Crippen LogP contribution in [0.3, 0.4) is 0 Å². The summed E-state index contributed by atoms with van der Waals surface area (Å²) in [7, 11) is 0. The van der Waals surface area contributed by atoms with Gasteiger partial charge in [0.2, 0.25) is 0 Å². The molecule has 1 fully saturated rings. The van der Waals surface area contributed by atoms with Crippen LogP contribution in [0.1, 0.15) is 54.7 Å². The monoisotopic (exact) mass is 244 g/mol. The maximum Gasteiger partial charge on any atom is 0.306 e. The van der Waals surface area contributed by atoms with Crippen LogP contribution in [0.25, 0.3) is 0 Å². The molecule has 0 aliphatic heterocycles. The van der Waals surface area contributed by atoms with Crippen molar-refractivity contribution in [2.75, 3.05) is 6.61 Å². The summed E-state index contributed by atoms with van der Waals surface area (Å²) in [5, 5.41) is 0. The minimum Gasteiger partial charge on any atom is -0.466 e. The molecule has 4 rings (SSSR count). The minimum atomic E-state index is -0.0422. The van der Waals surface area contributed by atoms with Crippen molar-refractivity contribution in [2.24, 2.45) is 5.92 Å². The Morgan fingerprint density at radius 1 is 1.33 bits per heavy atom. The Labute approximate surface area is 108 Å². The molecule has 0 unspecified atom stereocenters. The molecule has 1 atom stereocenters. The lowest BCUT2D eigenvalue weighted by Crippen LogP contribution is -2.35. The van der Waals surface area contributed by atoms with E-state index in [9.17, 15) is 4.79 Å². The van der Waals surface area contributed by atoms with E-state index in [0.717, 1.165) is 5.92 Å². The average molecular weight is 244 g/mol. The van der Waals surface area contributed by atoms with Crippen LogP contribution in [0.15, 0.2) is 18.2 Å². The second-order valence-electron chi connectivity index (χ2n) is 5.68. The molecule has 1 saturated carbocycles. The number of hydrogen-bond donors (Lipinski definition) is 0. The molecule has 3 aliphatic rings. The molecule has 2 heteroatoms. The maximum atomic E-state index is 11.7. The number of rotatable bonds is 3. The number of carbonyl (C=O) groups is 1. The topological polar surface area (TPSA) is 26.3 Å². The first kappa shape index (κ1) is 11.8. The molecule has 0 aromatic heterocycles. The molecule has 2 bridgehead atoms. The highest BCUT2D eigenvalue weighted by atomic mass is 16.5. The number of carbonyl (C=O) groups excluding carboxylic acids is 1. The lowest BCUT2D eigenvalue weighted by Gasteiger charge is -2.48. The van der Waals surface area contributed by atoms with Gasteiger partial charge < -0.3 is 4.74 Å². The molecule has 1 aromatic rings. The van der Waals surface area contributed by atoms with Gasteiger partial charge in [-0.25, -0.2) is 0 Å². The minimum absolute atomic E-state index is 0.0422. The lowest BCUT2D eigenvalue weighted by molar-refractivity contribution is -0.144. The molecule has 18 heavy (non-hydrogen) atoms. The first-order valence-corrected chi connectivity index (χ1v) is 6.95. The molecule has 96 valence electrons. The van der Waals surface area contributed by atoms with E-state index >= 15 is 0 Å². The van der Waals surface area contributed by atoms with Gasteiger partial charge in [0.1, 0.15) is 0 Å². The van der Waals surface area contributed by atoms with Crippen LogP contribution in [0.2, 0.25) is 0 Å². The zero-order chi connectivity index (χ0) is 12.7. The van der Waals surface area contributed by atoms with Gasteiger partial charge in [-0.2, -0.15) is 0 Å². The first-order valence-electron chi connectivity index (χ1n) is 6.95. The van der Waals surface area contributed by atoms with Crippen molar-refractivity contribution < 1.29 is 9.53 Å². The molecule has 0 saturated heterocycles. The smallest absolute Gasteiger partial charge is 0.306 e. The van der Waals surface area contributed by atoms with Crippen molar-refractivity contribution in [1.82, 2.24) is 0 Å². The van der Waals surface area contributed by atoms with Crippen molar-refractivity contribution in [1.29, 1.82) is 0 Å².